The fourth-order valence-corrected chi connectivity index (χ4v) is 3.76. The molecule has 1 unspecified atom stereocenters. The zero-order chi connectivity index (χ0) is 22.2. The first-order valence-corrected chi connectivity index (χ1v) is 10.4. The number of halogens is 1. The van der Waals surface area contributed by atoms with Crippen molar-refractivity contribution in [1.82, 2.24) is 19.8 Å². The molecule has 7 heteroatoms. The van der Waals surface area contributed by atoms with E-state index in [1.165, 1.54) is 13.0 Å². The van der Waals surface area contributed by atoms with Crippen LogP contribution in [-0.4, -0.2) is 44.6 Å². The predicted octanol–water partition coefficient (Wildman–Crippen LogP) is 3.51. The first-order valence-electron chi connectivity index (χ1n) is 10.4. The summed E-state index contributed by atoms with van der Waals surface area (Å²) in [4.78, 5) is 18.5. The van der Waals surface area contributed by atoms with Crippen LogP contribution in [-0.2, 0) is 24.3 Å². The van der Waals surface area contributed by atoms with E-state index < -0.39 is 0 Å². The number of amides is 1. The van der Waals surface area contributed by atoms with Gasteiger partial charge in [-0.1, -0.05) is 24.3 Å². The van der Waals surface area contributed by atoms with Crippen LogP contribution in [0.2, 0.25) is 0 Å². The van der Waals surface area contributed by atoms with Gasteiger partial charge in [-0.25, -0.2) is 9.37 Å². The maximum Gasteiger partial charge on any atom is 0.234 e. The van der Waals surface area contributed by atoms with E-state index in [4.69, 9.17) is 0 Å². The van der Waals surface area contributed by atoms with Gasteiger partial charge in [0.2, 0.25) is 5.91 Å². The highest BCUT2D eigenvalue weighted by molar-refractivity contribution is 5.78. The molecule has 1 fully saturated rings. The van der Waals surface area contributed by atoms with E-state index in [0.29, 0.717) is 32.5 Å². The average Bonchev–Trinajstić information content (AvgIpc) is 3.14. The Labute approximate surface area is 182 Å². The minimum Gasteiger partial charge on any atom is -0.508 e. The van der Waals surface area contributed by atoms with Gasteiger partial charge in [0.05, 0.1) is 24.4 Å². The van der Waals surface area contributed by atoms with Crippen molar-refractivity contribution in [3.05, 3.63) is 84.3 Å². The molecule has 164 valence electrons. The first kappa shape index (κ1) is 22.5. The summed E-state index contributed by atoms with van der Waals surface area (Å²) in [5.74, 6) is -0.0336. The zero-order valence-corrected chi connectivity index (χ0v) is 17.8. The fourth-order valence-electron chi connectivity index (χ4n) is 3.76. The van der Waals surface area contributed by atoms with Crippen LogP contribution < -0.4 is 5.32 Å². The number of piperazine rings is 1. The number of hydrogen-bond acceptors (Lipinski definition) is 4. The van der Waals surface area contributed by atoms with Crippen LogP contribution in [0.3, 0.4) is 0 Å². The molecule has 1 atom stereocenters. The number of carbonyl (C=O) groups excluding carboxylic acids is 1. The number of allylic oxidation sites excluding steroid dienone is 5. The average molecular weight is 425 g/mol. The van der Waals surface area contributed by atoms with Crippen LogP contribution in [0.5, 0.6) is 5.75 Å². The Morgan fingerprint density at radius 1 is 1.45 bits per heavy atom. The number of phenols is 1. The maximum atomic E-state index is 13.5. The Bertz CT molecular complexity index is 975. The molecular formula is C24H29FN4O2. The molecule has 3 rings (SSSR count). The van der Waals surface area contributed by atoms with Crippen molar-refractivity contribution < 1.29 is 14.3 Å². The van der Waals surface area contributed by atoms with Crippen LogP contribution in [0.4, 0.5) is 4.39 Å². The van der Waals surface area contributed by atoms with E-state index in [1.807, 2.05) is 22.8 Å². The van der Waals surface area contributed by atoms with Crippen molar-refractivity contribution in [2.75, 3.05) is 13.1 Å². The summed E-state index contributed by atoms with van der Waals surface area (Å²) >= 11 is 0. The largest absolute Gasteiger partial charge is 0.508 e. The third-order valence-electron chi connectivity index (χ3n) is 5.23. The van der Waals surface area contributed by atoms with Crippen LogP contribution in [0.15, 0.2) is 73.0 Å². The molecule has 31 heavy (non-hydrogen) atoms. The quantitative estimate of drug-likeness (QED) is 0.477. The lowest BCUT2D eigenvalue weighted by Gasteiger charge is -2.35. The molecule has 0 bridgehead atoms. The van der Waals surface area contributed by atoms with Gasteiger partial charge in [0.15, 0.2) is 0 Å². The summed E-state index contributed by atoms with van der Waals surface area (Å²) in [6, 6.07) is 7.28. The van der Waals surface area contributed by atoms with E-state index >= 15 is 0 Å². The highest BCUT2D eigenvalue weighted by atomic mass is 19.1. The first-order chi connectivity index (χ1) is 14.9. The number of imidazole rings is 1. The van der Waals surface area contributed by atoms with Crippen molar-refractivity contribution >= 4 is 5.91 Å². The van der Waals surface area contributed by atoms with Crippen LogP contribution in [0.1, 0.15) is 24.6 Å². The summed E-state index contributed by atoms with van der Waals surface area (Å²) in [6.45, 7) is 7.01. The molecule has 0 saturated carbocycles. The van der Waals surface area contributed by atoms with Gasteiger partial charge >= 0.3 is 0 Å². The number of nitrogens with zero attached hydrogens (tertiary/aromatic N) is 3. The second-order valence-electron chi connectivity index (χ2n) is 7.78. The third kappa shape index (κ3) is 6.65. The van der Waals surface area contributed by atoms with Gasteiger partial charge < -0.3 is 15.0 Å². The minimum absolute atomic E-state index is 0.0132. The van der Waals surface area contributed by atoms with Gasteiger partial charge in [0.25, 0.3) is 0 Å². The number of rotatable bonds is 9. The zero-order valence-electron chi connectivity index (χ0n) is 17.8. The summed E-state index contributed by atoms with van der Waals surface area (Å²) in [5.41, 5.74) is 2.80. The van der Waals surface area contributed by atoms with Crippen molar-refractivity contribution in [3.8, 4) is 5.75 Å². The molecule has 1 aliphatic rings. The summed E-state index contributed by atoms with van der Waals surface area (Å²) in [7, 11) is 0. The molecule has 0 spiro atoms. The van der Waals surface area contributed by atoms with Crippen molar-refractivity contribution in [2.45, 2.75) is 38.9 Å². The van der Waals surface area contributed by atoms with E-state index in [9.17, 15) is 14.3 Å². The van der Waals surface area contributed by atoms with E-state index in [-0.39, 0.29) is 30.1 Å². The number of hydrogen-bond donors (Lipinski definition) is 2. The number of carbonyl (C=O) groups is 1. The van der Waals surface area contributed by atoms with Gasteiger partial charge in [-0.05, 0) is 49.1 Å². The summed E-state index contributed by atoms with van der Waals surface area (Å²) in [5, 5.41) is 12.7. The van der Waals surface area contributed by atoms with E-state index in [1.54, 1.807) is 30.7 Å². The minimum atomic E-state index is -0.254. The summed E-state index contributed by atoms with van der Waals surface area (Å²) in [6.07, 6.45) is 10.1. The van der Waals surface area contributed by atoms with Crippen LogP contribution in [0, 0.1) is 0 Å². The van der Waals surface area contributed by atoms with Crippen LogP contribution >= 0.6 is 0 Å². The van der Waals surface area contributed by atoms with E-state index in [0.717, 1.165) is 16.8 Å². The second-order valence-corrected chi connectivity index (χ2v) is 7.78. The molecule has 0 radical (unpaired) electrons. The Morgan fingerprint density at radius 3 is 3.03 bits per heavy atom. The lowest BCUT2D eigenvalue weighted by Crippen LogP contribution is -2.54. The monoisotopic (exact) mass is 424 g/mol. The van der Waals surface area contributed by atoms with Crippen molar-refractivity contribution in [2.24, 2.45) is 0 Å². The molecule has 1 aromatic carbocycles. The molecule has 0 aliphatic carbocycles. The Balaban J connectivity index is 1.76. The molecule has 2 aromatic rings. The standard InChI is InChI=1S/C24H29FN4O2/c1-3-4-6-20(9-18(2)25)14-29-17-26-12-22(29)15-28-16-24(31)27-13-21(28)10-19-7-5-8-23(30)11-19/h3,5-9,11-12,17,21,30H,1,4,10,13-16H2,2H3,(H,27,31)/b18-9+,20-6+. The van der Waals surface area contributed by atoms with Gasteiger partial charge in [0, 0.05) is 31.9 Å². The maximum absolute atomic E-state index is 13.5. The Kier molecular flexibility index (Phi) is 7.78. The third-order valence-corrected chi connectivity index (χ3v) is 5.23. The fraction of sp³-hybridized carbons (Fsp3) is 0.333. The number of aromatic nitrogens is 2. The molecule has 2 heterocycles. The lowest BCUT2D eigenvalue weighted by atomic mass is 10.0. The van der Waals surface area contributed by atoms with Gasteiger partial charge in [-0.15, -0.1) is 6.58 Å². The topological polar surface area (TPSA) is 70.4 Å². The smallest absolute Gasteiger partial charge is 0.234 e. The molecule has 6 nitrogen and oxygen atoms in total. The lowest BCUT2D eigenvalue weighted by molar-refractivity contribution is -0.125. The number of aromatic hydroxyl groups is 1. The van der Waals surface area contributed by atoms with Gasteiger partial charge in [-0.3, -0.25) is 9.69 Å². The van der Waals surface area contributed by atoms with E-state index in [2.05, 4.69) is 21.8 Å². The van der Waals surface area contributed by atoms with Gasteiger partial charge in [0.1, 0.15) is 5.75 Å². The van der Waals surface area contributed by atoms with Gasteiger partial charge in [-0.2, -0.15) is 0 Å². The molecule has 2 N–H and O–H groups in total. The predicted molar refractivity (Wildman–Crippen MR) is 119 cm³/mol. The molecule has 1 aromatic heterocycles. The highest BCUT2D eigenvalue weighted by Gasteiger charge is 2.27. The molecular weight excluding hydrogens is 395 g/mol. The SMILES string of the molecule is C=CC/C=C(\C=C(/C)F)Cn1cncc1CN1CC(=O)NCC1Cc1cccc(O)c1. The highest BCUT2D eigenvalue weighted by Crippen LogP contribution is 2.19. The Hall–Kier alpha value is -3.19. The molecule has 1 saturated heterocycles. The molecule has 1 aliphatic heterocycles. The molecule has 1 amide bonds. The van der Waals surface area contributed by atoms with Crippen molar-refractivity contribution in [3.63, 3.8) is 0 Å². The summed E-state index contributed by atoms with van der Waals surface area (Å²) < 4.78 is 15.5. The number of phenolic OH excluding ortho intramolecular Hbond substituents is 1. The number of benzene rings is 1. The number of nitrogens with one attached hydrogen (secondary N) is 1. The normalized spacial score (nSPS) is 18.1. The second kappa shape index (κ2) is 10.7. The van der Waals surface area contributed by atoms with Crippen molar-refractivity contribution in [1.29, 1.82) is 0 Å². The Morgan fingerprint density at radius 2 is 2.29 bits per heavy atom. The van der Waals surface area contributed by atoms with Crippen LogP contribution in [0.25, 0.3) is 0 Å².